The summed E-state index contributed by atoms with van der Waals surface area (Å²) in [6.07, 6.45) is 9.38. The predicted molar refractivity (Wildman–Crippen MR) is 132 cm³/mol. The van der Waals surface area contributed by atoms with Gasteiger partial charge in [0.05, 0.1) is 0 Å². The number of aromatic nitrogens is 3. The van der Waals surface area contributed by atoms with Crippen molar-refractivity contribution in [3.63, 3.8) is 0 Å². The van der Waals surface area contributed by atoms with Gasteiger partial charge in [0.15, 0.2) is 0 Å². The molecule has 0 radical (unpaired) electrons. The second-order valence-electron chi connectivity index (χ2n) is 8.14. The number of hydrogen-bond donors (Lipinski definition) is 3. The zero-order valence-corrected chi connectivity index (χ0v) is 20.0. The summed E-state index contributed by atoms with van der Waals surface area (Å²) in [5, 5.41) is 10.6. The first kappa shape index (κ1) is 24.1. The lowest BCUT2D eigenvalue weighted by atomic mass is 10.2. The van der Waals surface area contributed by atoms with E-state index in [2.05, 4.69) is 25.9 Å². The van der Waals surface area contributed by atoms with E-state index < -0.39 is 5.76 Å². The van der Waals surface area contributed by atoms with Crippen molar-refractivity contribution in [3.8, 4) is 0 Å². The largest absolute Gasteiger partial charge is 0.418 e. The van der Waals surface area contributed by atoms with Crippen LogP contribution in [0.3, 0.4) is 0 Å². The van der Waals surface area contributed by atoms with Gasteiger partial charge < -0.3 is 20.4 Å². The molecule has 0 bridgehead atoms. The molecular formula is C23H26Cl2N6O3. The van der Waals surface area contributed by atoms with Crippen LogP contribution in [0.15, 0.2) is 46.1 Å². The summed E-state index contributed by atoms with van der Waals surface area (Å²) in [6, 6.07) is 5.53. The minimum absolute atomic E-state index is 0.268. The molecule has 2 heterocycles. The van der Waals surface area contributed by atoms with Crippen LogP contribution in [0.5, 0.6) is 0 Å². The molecule has 180 valence electrons. The summed E-state index contributed by atoms with van der Waals surface area (Å²) in [4.78, 5) is 33.2. The lowest BCUT2D eigenvalue weighted by molar-refractivity contribution is 0.0953. The van der Waals surface area contributed by atoms with Crippen LogP contribution >= 0.6 is 23.2 Å². The zero-order chi connectivity index (χ0) is 23.9. The van der Waals surface area contributed by atoms with Crippen LogP contribution in [0.1, 0.15) is 48.0 Å². The first-order chi connectivity index (χ1) is 16.5. The van der Waals surface area contributed by atoms with E-state index in [0.717, 1.165) is 31.2 Å². The Hall–Kier alpha value is -3.04. The Morgan fingerprint density at radius 3 is 2.82 bits per heavy atom. The average molecular weight is 505 g/mol. The van der Waals surface area contributed by atoms with E-state index in [4.69, 9.17) is 27.6 Å². The van der Waals surface area contributed by atoms with Gasteiger partial charge in [-0.2, -0.15) is 4.98 Å². The van der Waals surface area contributed by atoms with E-state index in [9.17, 15) is 9.59 Å². The second kappa shape index (κ2) is 11.4. The average Bonchev–Trinajstić information content (AvgIpc) is 3.49. The zero-order valence-electron chi connectivity index (χ0n) is 18.5. The highest BCUT2D eigenvalue weighted by Crippen LogP contribution is 2.25. The minimum atomic E-state index is -0.412. The van der Waals surface area contributed by atoms with E-state index in [-0.39, 0.29) is 11.9 Å². The third kappa shape index (κ3) is 6.30. The van der Waals surface area contributed by atoms with Crippen molar-refractivity contribution in [2.75, 3.05) is 17.2 Å². The molecule has 2 aromatic heterocycles. The number of nitrogens with zero attached hydrogens (tertiary/aromatic N) is 3. The van der Waals surface area contributed by atoms with Crippen LogP contribution in [-0.2, 0) is 13.1 Å². The Bertz CT molecular complexity index is 1190. The Balaban J connectivity index is 1.42. The molecule has 3 aromatic rings. The third-order valence-corrected chi connectivity index (χ3v) is 6.28. The number of hydrogen-bond acceptors (Lipinski definition) is 7. The van der Waals surface area contributed by atoms with Crippen molar-refractivity contribution >= 4 is 40.9 Å². The first-order valence-corrected chi connectivity index (χ1v) is 12.0. The predicted octanol–water partition coefficient (Wildman–Crippen LogP) is 4.32. The number of carbonyl (C=O) groups is 1. The Kier molecular flexibility index (Phi) is 8.08. The van der Waals surface area contributed by atoms with Crippen molar-refractivity contribution in [1.29, 1.82) is 0 Å². The normalized spacial score (nSPS) is 13.7. The number of amides is 1. The van der Waals surface area contributed by atoms with E-state index >= 15 is 0 Å². The van der Waals surface area contributed by atoms with Gasteiger partial charge in [0.25, 0.3) is 5.91 Å². The maximum Gasteiger partial charge on any atom is 0.418 e. The standard InChI is InChI=1S/C23H26Cl2N6O3/c24-16-6-7-19(25)15(12-16)13-27-22-28-14-18(20(30-22)29-17-4-1-2-5-17)21(32)26-8-3-9-31-10-11-34-23(31)33/h6-7,10-12,14,17H,1-5,8-9,13H2,(H,26,32)(H2,27,28,29,30). The van der Waals surface area contributed by atoms with Gasteiger partial charge >= 0.3 is 5.76 Å². The van der Waals surface area contributed by atoms with Gasteiger partial charge in [-0.15, -0.1) is 0 Å². The third-order valence-electron chi connectivity index (χ3n) is 5.68. The fraction of sp³-hybridized carbons (Fsp3) is 0.391. The van der Waals surface area contributed by atoms with Crippen LogP contribution < -0.4 is 21.7 Å². The first-order valence-electron chi connectivity index (χ1n) is 11.2. The summed E-state index contributed by atoms with van der Waals surface area (Å²) in [6.45, 7) is 1.24. The van der Waals surface area contributed by atoms with E-state index in [1.165, 1.54) is 17.0 Å². The molecule has 3 N–H and O–H groups in total. The number of anilines is 2. The summed E-state index contributed by atoms with van der Waals surface area (Å²) in [7, 11) is 0. The number of halogens is 2. The fourth-order valence-electron chi connectivity index (χ4n) is 3.86. The molecule has 0 atom stereocenters. The van der Waals surface area contributed by atoms with Crippen LogP contribution in [0.2, 0.25) is 10.0 Å². The summed E-state index contributed by atoms with van der Waals surface area (Å²) in [5.74, 6) is 0.187. The summed E-state index contributed by atoms with van der Waals surface area (Å²) in [5.41, 5.74) is 1.19. The Morgan fingerprint density at radius 1 is 1.24 bits per heavy atom. The number of nitrogens with one attached hydrogen (secondary N) is 3. The quantitative estimate of drug-likeness (QED) is 0.352. The second-order valence-corrected chi connectivity index (χ2v) is 8.99. The van der Waals surface area contributed by atoms with Crippen LogP contribution in [0, 0.1) is 0 Å². The number of rotatable bonds is 10. The molecule has 1 aliphatic rings. The maximum atomic E-state index is 12.9. The van der Waals surface area contributed by atoms with E-state index in [1.54, 1.807) is 24.4 Å². The van der Waals surface area contributed by atoms with E-state index in [1.807, 2.05) is 0 Å². The molecule has 0 saturated heterocycles. The van der Waals surface area contributed by atoms with Gasteiger partial charge in [-0.05, 0) is 43.0 Å². The van der Waals surface area contributed by atoms with Crippen LogP contribution in [-0.4, -0.2) is 33.0 Å². The summed E-state index contributed by atoms with van der Waals surface area (Å²) < 4.78 is 6.19. The molecule has 34 heavy (non-hydrogen) atoms. The molecule has 11 heteroatoms. The van der Waals surface area contributed by atoms with Crippen LogP contribution in [0.25, 0.3) is 0 Å². The Labute approximate surface area is 206 Å². The maximum absolute atomic E-state index is 12.9. The molecule has 1 saturated carbocycles. The molecule has 0 unspecified atom stereocenters. The molecule has 0 aliphatic heterocycles. The van der Waals surface area contributed by atoms with Crippen molar-refractivity contribution in [3.05, 3.63) is 68.6 Å². The number of aryl methyl sites for hydroxylation is 1. The SMILES string of the molecule is O=C(NCCCn1ccoc1=O)c1cnc(NCc2cc(Cl)ccc2Cl)nc1NC1CCCC1. The van der Waals surface area contributed by atoms with Gasteiger partial charge in [-0.1, -0.05) is 36.0 Å². The minimum Gasteiger partial charge on any atom is -0.416 e. The van der Waals surface area contributed by atoms with Crippen LogP contribution in [0.4, 0.5) is 11.8 Å². The molecule has 1 fully saturated rings. The van der Waals surface area contributed by atoms with Crippen molar-refractivity contribution in [2.24, 2.45) is 0 Å². The number of benzene rings is 1. The van der Waals surface area contributed by atoms with Crippen molar-refractivity contribution in [1.82, 2.24) is 19.9 Å². The molecule has 9 nitrogen and oxygen atoms in total. The Morgan fingerprint density at radius 2 is 2.06 bits per heavy atom. The summed E-state index contributed by atoms with van der Waals surface area (Å²) >= 11 is 12.3. The lowest BCUT2D eigenvalue weighted by Gasteiger charge is -2.17. The van der Waals surface area contributed by atoms with Gasteiger partial charge in [-0.25, -0.2) is 9.78 Å². The van der Waals surface area contributed by atoms with Gasteiger partial charge in [-0.3, -0.25) is 9.36 Å². The van der Waals surface area contributed by atoms with Gasteiger partial charge in [0, 0.05) is 48.1 Å². The molecule has 1 aromatic carbocycles. The van der Waals surface area contributed by atoms with Gasteiger partial charge in [0.2, 0.25) is 5.95 Å². The van der Waals surface area contributed by atoms with Crippen molar-refractivity contribution in [2.45, 2.75) is 51.2 Å². The molecule has 1 amide bonds. The number of carbonyl (C=O) groups excluding carboxylic acids is 1. The topological polar surface area (TPSA) is 114 Å². The fourth-order valence-corrected chi connectivity index (χ4v) is 4.24. The van der Waals surface area contributed by atoms with E-state index in [0.29, 0.717) is 53.4 Å². The van der Waals surface area contributed by atoms with Crippen molar-refractivity contribution < 1.29 is 9.21 Å². The monoisotopic (exact) mass is 504 g/mol. The highest BCUT2D eigenvalue weighted by molar-refractivity contribution is 6.33. The number of oxazole rings is 1. The lowest BCUT2D eigenvalue weighted by Crippen LogP contribution is -2.28. The molecule has 1 aliphatic carbocycles. The molecular weight excluding hydrogens is 479 g/mol. The van der Waals surface area contributed by atoms with Gasteiger partial charge in [0.1, 0.15) is 17.6 Å². The smallest absolute Gasteiger partial charge is 0.416 e. The highest BCUT2D eigenvalue weighted by atomic mass is 35.5. The molecule has 4 rings (SSSR count). The molecule has 0 spiro atoms. The highest BCUT2D eigenvalue weighted by Gasteiger charge is 2.20.